The molecule has 6 heteroatoms. The van der Waals surface area contributed by atoms with Gasteiger partial charge in [0, 0.05) is 25.6 Å². The van der Waals surface area contributed by atoms with Crippen LogP contribution >= 0.6 is 0 Å². The van der Waals surface area contributed by atoms with Gasteiger partial charge >= 0.3 is 12.0 Å². The first-order chi connectivity index (χ1) is 9.58. The summed E-state index contributed by atoms with van der Waals surface area (Å²) in [5, 5.41) is 18.9. The van der Waals surface area contributed by atoms with Gasteiger partial charge in [-0.15, -0.1) is 0 Å². The van der Waals surface area contributed by atoms with Crippen LogP contribution in [0.3, 0.4) is 0 Å². The minimum atomic E-state index is -1.02. The summed E-state index contributed by atoms with van der Waals surface area (Å²) in [6.07, 6.45) is 5.06. The highest BCUT2D eigenvalue weighted by Crippen LogP contribution is 2.37. The highest BCUT2D eigenvalue weighted by Gasteiger charge is 2.45. The van der Waals surface area contributed by atoms with Gasteiger partial charge in [-0.2, -0.15) is 0 Å². The fourth-order valence-corrected chi connectivity index (χ4v) is 4.07. The quantitative estimate of drug-likeness (QED) is 0.748. The first-order valence-electron chi connectivity index (χ1n) is 7.56. The van der Waals surface area contributed by atoms with Gasteiger partial charge in [0.2, 0.25) is 0 Å². The minimum absolute atomic E-state index is 0.142. The van der Waals surface area contributed by atoms with E-state index in [0.29, 0.717) is 5.92 Å². The molecule has 0 spiro atoms. The van der Waals surface area contributed by atoms with Gasteiger partial charge in [0.15, 0.2) is 0 Å². The molecule has 3 aliphatic rings. The topological polar surface area (TPSA) is 81.1 Å². The molecule has 0 bridgehead atoms. The van der Waals surface area contributed by atoms with Crippen LogP contribution < -0.4 is 0 Å². The third-order valence-electron chi connectivity index (χ3n) is 5.07. The average molecular weight is 282 g/mol. The van der Waals surface area contributed by atoms with Gasteiger partial charge in [-0.25, -0.2) is 9.59 Å². The van der Waals surface area contributed by atoms with E-state index < -0.39 is 18.1 Å². The summed E-state index contributed by atoms with van der Waals surface area (Å²) in [6, 6.07) is -0.785. The van der Waals surface area contributed by atoms with Crippen molar-refractivity contribution in [2.75, 3.05) is 13.1 Å². The van der Waals surface area contributed by atoms with Gasteiger partial charge < -0.3 is 20.0 Å². The Bertz CT molecular complexity index is 414. The van der Waals surface area contributed by atoms with Crippen LogP contribution in [-0.4, -0.2) is 63.3 Å². The van der Waals surface area contributed by atoms with Crippen molar-refractivity contribution in [3.63, 3.8) is 0 Å². The molecule has 3 fully saturated rings. The lowest BCUT2D eigenvalue weighted by atomic mass is 9.85. The number of hydrogen-bond donors (Lipinski definition) is 2. The van der Waals surface area contributed by atoms with Crippen LogP contribution in [0.1, 0.15) is 38.5 Å². The molecule has 0 aromatic carbocycles. The Labute approximate surface area is 118 Å². The van der Waals surface area contributed by atoms with E-state index in [0.717, 1.165) is 25.8 Å². The van der Waals surface area contributed by atoms with Crippen molar-refractivity contribution in [2.45, 2.75) is 56.7 Å². The number of likely N-dealkylation sites (tertiary alicyclic amines) is 2. The van der Waals surface area contributed by atoms with E-state index >= 15 is 0 Å². The molecule has 3 rings (SSSR count). The number of aliphatic carboxylic acids is 1. The lowest BCUT2D eigenvalue weighted by Gasteiger charge is -2.35. The molecular weight excluding hydrogens is 260 g/mol. The standard InChI is InChI=1S/C14H22N2O4/c17-10-7-12(13(18)19)16(8-10)14(20)15-6-5-9-3-1-2-4-11(9)15/h9-12,17H,1-8H2,(H,18,19)/t9?,10-,11?,12-/m0/s1. The molecule has 4 atom stereocenters. The fraction of sp³-hybridized carbons (Fsp3) is 0.857. The van der Waals surface area contributed by atoms with Crippen molar-refractivity contribution in [3.05, 3.63) is 0 Å². The zero-order valence-electron chi connectivity index (χ0n) is 11.6. The Balaban J connectivity index is 1.73. The number of aliphatic hydroxyl groups is 1. The number of hydrogen-bond acceptors (Lipinski definition) is 3. The summed E-state index contributed by atoms with van der Waals surface area (Å²) in [6.45, 7) is 0.872. The number of β-amino-alcohol motifs (C(OH)–C–C–N with tert-alkyl or cyclic N) is 1. The number of carboxylic acids is 1. The zero-order valence-corrected chi connectivity index (χ0v) is 11.6. The Morgan fingerprint density at radius 2 is 1.80 bits per heavy atom. The van der Waals surface area contributed by atoms with E-state index in [-0.39, 0.29) is 25.0 Å². The molecule has 6 nitrogen and oxygen atoms in total. The van der Waals surface area contributed by atoms with Crippen LogP contribution in [0.4, 0.5) is 4.79 Å². The number of carboxylic acid groups (broad SMARTS) is 1. The molecule has 0 radical (unpaired) electrons. The average Bonchev–Trinajstić information content (AvgIpc) is 3.01. The van der Waals surface area contributed by atoms with Gasteiger partial charge in [-0.05, 0) is 25.2 Å². The van der Waals surface area contributed by atoms with Crippen LogP contribution in [0.5, 0.6) is 0 Å². The molecule has 2 aliphatic heterocycles. The largest absolute Gasteiger partial charge is 0.480 e. The van der Waals surface area contributed by atoms with Crippen LogP contribution in [0.2, 0.25) is 0 Å². The number of nitrogens with zero attached hydrogens (tertiary/aromatic N) is 2. The Kier molecular flexibility index (Phi) is 3.58. The normalized spacial score (nSPS) is 37.0. The molecule has 112 valence electrons. The summed E-state index contributed by atoms with van der Waals surface area (Å²) in [4.78, 5) is 27.1. The second-order valence-electron chi connectivity index (χ2n) is 6.27. The summed E-state index contributed by atoms with van der Waals surface area (Å²) < 4.78 is 0. The summed E-state index contributed by atoms with van der Waals surface area (Å²) in [5.74, 6) is -0.433. The first-order valence-corrected chi connectivity index (χ1v) is 7.56. The summed E-state index contributed by atoms with van der Waals surface area (Å²) in [7, 11) is 0. The molecule has 20 heavy (non-hydrogen) atoms. The maximum absolute atomic E-state index is 12.6. The predicted octanol–water partition coefficient (Wildman–Crippen LogP) is 0.891. The highest BCUT2D eigenvalue weighted by molar-refractivity contribution is 5.84. The predicted molar refractivity (Wildman–Crippen MR) is 71.2 cm³/mol. The van der Waals surface area contributed by atoms with Crippen molar-refractivity contribution in [2.24, 2.45) is 5.92 Å². The number of amides is 2. The Morgan fingerprint density at radius 1 is 1.05 bits per heavy atom. The zero-order chi connectivity index (χ0) is 14.3. The van der Waals surface area contributed by atoms with Gasteiger partial charge in [-0.1, -0.05) is 12.8 Å². The monoisotopic (exact) mass is 282 g/mol. The molecule has 2 N–H and O–H groups in total. The molecule has 2 unspecified atom stereocenters. The van der Waals surface area contributed by atoms with Crippen LogP contribution in [0.25, 0.3) is 0 Å². The second kappa shape index (κ2) is 5.24. The fourth-order valence-electron chi connectivity index (χ4n) is 4.07. The Morgan fingerprint density at radius 3 is 2.55 bits per heavy atom. The lowest BCUT2D eigenvalue weighted by Crippen LogP contribution is -2.50. The van der Waals surface area contributed by atoms with Crippen molar-refractivity contribution in [1.29, 1.82) is 0 Å². The van der Waals surface area contributed by atoms with Gasteiger partial charge in [0.1, 0.15) is 6.04 Å². The second-order valence-corrected chi connectivity index (χ2v) is 6.27. The number of fused-ring (bicyclic) bond motifs is 1. The van der Waals surface area contributed by atoms with Crippen molar-refractivity contribution >= 4 is 12.0 Å². The number of carbonyl (C=O) groups excluding carboxylic acids is 1. The number of rotatable bonds is 1. The third-order valence-corrected chi connectivity index (χ3v) is 5.07. The van der Waals surface area contributed by atoms with E-state index in [1.807, 2.05) is 4.90 Å². The molecule has 2 saturated heterocycles. The van der Waals surface area contributed by atoms with Gasteiger partial charge in [0.05, 0.1) is 6.10 Å². The van der Waals surface area contributed by atoms with Gasteiger partial charge in [-0.3, -0.25) is 0 Å². The van der Waals surface area contributed by atoms with E-state index in [1.165, 1.54) is 17.7 Å². The SMILES string of the molecule is O=C(O)[C@@H]1C[C@H](O)CN1C(=O)N1CCC2CCCCC21. The van der Waals surface area contributed by atoms with Crippen LogP contribution in [0.15, 0.2) is 0 Å². The van der Waals surface area contributed by atoms with Crippen molar-refractivity contribution in [3.8, 4) is 0 Å². The molecule has 0 aromatic heterocycles. The number of carbonyl (C=O) groups is 2. The van der Waals surface area contributed by atoms with Gasteiger partial charge in [0.25, 0.3) is 0 Å². The van der Waals surface area contributed by atoms with Crippen molar-refractivity contribution < 1.29 is 19.8 Å². The number of urea groups is 1. The molecule has 1 aliphatic carbocycles. The van der Waals surface area contributed by atoms with E-state index in [4.69, 9.17) is 0 Å². The van der Waals surface area contributed by atoms with Crippen molar-refractivity contribution in [1.82, 2.24) is 9.80 Å². The molecule has 1 saturated carbocycles. The molecule has 2 amide bonds. The van der Waals surface area contributed by atoms with E-state index in [9.17, 15) is 19.8 Å². The number of aliphatic hydroxyl groups excluding tert-OH is 1. The minimum Gasteiger partial charge on any atom is -0.480 e. The smallest absolute Gasteiger partial charge is 0.326 e. The molecule has 2 heterocycles. The maximum Gasteiger partial charge on any atom is 0.326 e. The van der Waals surface area contributed by atoms with E-state index in [2.05, 4.69) is 0 Å². The van der Waals surface area contributed by atoms with Crippen LogP contribution in [-0.2, 0) is 4.79 Å². The lowest BCUT2D eigenvalue weighted by molar-refractivity contribution is -0.141. The Hall–Kier alpha value is -1.30. The molecular formula is C14H22N2O4. The molecule has 0 aromatic rings. The summed E-state index contributed by atoms with van der Waals surface area (Å²) >= 11 is 0. The maximum atomic E-state index is 12.6. The summed E-state index contributed by atoms with van der Waals surface area (Å²) in [5.41, 5.74) is 0. The third kappa shape index (κ3) is 2.26. The van der Waals surface area contributed by atoms with Crippen LogP contribution in [0, 0.1) is 5.92 Å². The van der Waals surface area contributed by atoms with E-state index in [1.54, 1.807) is 0 Å². The first kappa shape index (κ1) is 13.7. The highest BCUT2D eigenvalue weighted by atomic mass is 16.4.